The average molecular weight is 843 g/mol. The molecular weight excluding hydrogens is 790 g/mol. The van der Waals surface area contributed by atoms with Crippen molar-refractivity contribution in [3.63, 3.8) is 0 Å². The van der Waals surface area contributed by atoms with E-state index in [2.05, 4.69) is 78.4 Å². The monoisotopic (exact) mass is 842 g/mol. The van der Waals surface area contributed by atoms with Crippen molar-refractivity contribution in [1.82, 2.24) is 39.2 Å². The van der Waals surface area contributed by atoms with E-state index in [1.54, 1.807) is 4.68 Å². The van der Waals surface area contributed by atoms with Crippen molar-refractivity contribution in [3.8, 4) is 23.0 Å². The Morgan fingerprint density at radius 3 is 2.58 bits per heavy atom. The number of pyridine rings is 1. The van der Waals surface area contributed by atoms with Crippen molar-refractivity contribution in [2.24, 2.45) is 7.05 Å². The zero-order valence-corrected chi connectivity index (χ0v) is 34.1. The first-order valence-electron chi connectivity index (χ1n) is 18.8. The standard InChI is InChI=1S/C37H52BIN8O6/c1-8-49-34-33(39)31(46(43-34)16-17-48)23-45(25-12-13-25)22-24(2)51-35-27(20-41-44(35)7)29-19-26-28(14-15-38-52-36(3,4)37(5,6)53-38)42-47(30(26)21-40-29)32-11-9-10-18-50-32/h14-15,19-21,24-25,32,48H,8-13,16-18,22-23H2,1-7H3/b15-14+/t24-,32?/m0/s1. The highest BCUT2D eigenvalue weighted by atomic mass is 127. The highest BCUT2D eigenvalue weighted by molar-refractivity contribution is 14.1. The van der Waals surface area contributed by atoms with Crippen LogP contribution in [0.4, 0.5) is 0 Å². The lowest BCUT2D eigenvalue weighted by Gasteiger charge is -2.32. The summed E-state index contributed by atoms with van der Waals surface area (Å²) >= 11 is 2.31. The van der Waals surface area contributed by atoms with Gasteiger partial charge in [-0.3, -0.25) is 14.6 Å². The van der Waals surface area contributed by atoms with E-state index in [1.807, 2.05) is 47.8 Å². The minimum atomic E-state index is -0.493. The Kier molecular flexibility index (Phi) is 11.3. The fourth-order valence-electron chi connectivity index (χ4n) is 6.99. The minimum Gasteiger partial charge on any atom is -0.476 e. The third kappa shape index (κ3) is 8.03. The van der Waals surface area contributed by atoms with Crippen molar-refractivity contribution in [2.45, 2.75) is 116 Å². The van der Waals surface area contributed by atoms with Gasteiger partial charge in [0.15, 0.2) is 6.23 Å². The largest absolute Gasteiger partial charge is 0.487 e. The van der Waals surface area contributed by atoms with E-state index in [1.165, 1.54) is 0 Å². The van der Waals surface area contributed by atoms with Crippen molar-refractivity contribution in [3.05, 3.63) is 39.4 Å². The molecule has 3 aliphatic rings. The van der Waals surface area contributed by atoms with E-state index in [4.69, 9.17) is 33.6 Å². The first-order chi connectivity index (χ1) is 25.4. The molecule has 16 heteroatoms. The molecule has 286 valence electrons. The van der Waals surface area contributed by atoms with Crippen LogP contribution in [0.1, 0.15) is 91.3 Å². The van der Waals surface area contributed by atoms with Crippen molar-refractivity contribution in [2.75, 3.05) is 26.4 Å². The SMILES string of the molecule is CCOc1nn(CCO)c(CN(C[C@H](C)Oc2c(-c3cc4c(/C=C/B5OC(C)(C)C(C)(C)O5)nn(C5CCCCO5)c4cn3)cnn2C)C2CC2)c1I. The quantitative estimate of drug-likeness (QED) is 0.115. The maximum atomic E-state index is 9.73. The number of ether oxygens (including phenoxy) is 3. The molecule has 0 aromatic carbocycles. The predicted molar refractivity (Wildman–Crippen MR) is 210 cm³/mol. The summed E-state index contributed by atoms with van der Waals surface area (Å²) in [5, 5.41) is 25.0. The number of fused-ring (bicyclic) bond motifs is 1. The number of aryl methyl sites for hydroxylation is 1. The molecule has 1 aliphatic carbocycles. The molecule has 53 heavy (non-hydrogen) atoms. The lowest BCUT2D eigenvalue weighted by Crippen LogP contribution is -2.41. The molecule has 0 radical (unpaired) electrons. The van der Waals surface area contributed by atoms with Gasteiger partial charge < -0.3 is 28.6 Å². The maximum Gasteiger partial charge on any atom is 0.487 e. The van der Waals surface area contributed by atoms with Crippen LogP contribution in [0.3, 0.4) is 0 Å². The smallest absolute Gasteiger partial charge is 0.476 e. The van der Waals surface area contributed by atoms with Crippen LogP contribution in [0.5, 0.6) is 11.8 Å². The number of hydrogen-bond donors (Lipinski definition) is 1. The van der Waals surface area contributed by atoms with E-state index < -0.39 is 18.3 Å². The molecule has 2 atom stereocenters. The Hall–Kier alpha value is -3.03. The second kappa shape index (κ2) is 15.6. The van der Waals surface area contributed by atoms with E-state index in [0.717, 1.165) is 69.2 Å². The Bertz CT molecular complexity index is 1910. The van der Waals surface area contributed by atoms with Gasteiger partial charge in [-0.25, -0.2) is 9.36 Å². The highest BCUT2D eigenvalue weighted by Crippen LogP contribution is 2.38. The van der Waals surface area contributed by atoms with Crippen molar-refractivity contribution < 1.29 is 28.6 Å². The molecule has 1 unspecified atom stereocenters. The molecule has 1 saturated carbocycles. The number of nitrogens with zero attached hydrogens (tertiary/aromatic N) is 8. The van der Waals surface area contributed by atoms with Crippen molar-refractivity contribution in [1.29, 1.82) is 0 Å². The topological polar surface area (TPSA) is 136 Å². The van der Waals surface area contributed by atoms with E-state index in [9.17, 15) is 5.11 Å². The number of aromatic nitrogens is 7. The van der Waals surface area contributed by atoms with Gasteiger partial charge in [0, 0.05) is 38.2 Å². The fourth-order valence-corrected chi connectivity index (χ4v) is 7.70. The van der Waals surface area contributed by atoms with Crippen LogP contribution in [0, 0.1) is 3.57 Å². The number of hydrogen-bond acceptors (Lipinski definition) is 11. The summed E-state index contributed by atoms with van der Waals surface area (Å²) in [4.78, 5) is 7.39. The summed E-state index contributed by atoms with van der Waals surface area (Å²) in [6.45, 7) is 15.3. The Labute approximate surface area is 325 Å². The summed E-state index contributed by atoms with van der Waals surface area (Å²) in [6, 6.07) is 2.53. The molecule has 14 nitrogen and oxygen atoms in total. The third-order valence-electron chi connectivity index (χ3n) is 10.7. The molecular formula is C37H52BIN8O6. The van der Waals surface area contributed by atoms with Crippen LogP contribution in [0.25, 0.3) is 28.2 Å². The summed E-state index contributed by atoms with van der Waals surface area (Å²) < 4.78 is 37.8. The van der Waals surface area contributed by atoms with Gasteiger partial charge in [-0.15, -0.1) is 5.10 Å². The Morgan fingerprint density at radius 1 is 1.13 bits per heavy atom. The first kappa shape index (κ1) is 38.3. The Morgan fingerprint density at radius 2 is 1.91 bits per heavy atom. The van der Waals surface area contributed by atoms with Crippen LogP contribution in [0.2, 0.25) is 0 Å². The fraction of sp³-hybridized carbons (Fsp3) is 0.622. The van der Waals surface area contributed by atoms with Gasteiger partial charge in [-0.1, -0.05) is 5.98 Å². The van der Waals surface area contributed by atoms with E-state index in [0.29, 0.717) is 50.6 Å². The van der Waals surface area contributed by atoms with E-state index >= 15 is 0 Å². The number of aliphatic hydroxyl groups is 1. The van der Waals surface area contributed by atoms with Crippen LogP contribution >= 0.6 is 22.6 Å². The first-order valence-corrected chi connectivity index (χ1v) is 19.9. The summed E-state index contributed by atoms with van der Waals surface area (Å²) in [7, 11) is 1.40. The second-order valence-electron chi connectivity index (χ2n) is 15.2. The average Bonchev–Trinajstić information content (AvgIpc) is 3.67. The molecule has 1 N–H and O–H groups in total. The molecule has 0 spiro atoms. The van der Waals surface area contributed by atoms with Crippen LogP contribution < -0.4 is 9.47 Å². The van der Waals surface area contributed by atoms with Crippen LogP contribution in [0.15, 0.2) is 24.4 Å². The van der Waals surface area contributed by atoms with Crippen LogP contribution in [-0.4, -0.2) is 101 Å². The maximum absolute atomic E-state index is 9.73. The number of aliphatic hydroxyl groups excluding tert-OH is 1. The highest BCUT2D eigenvalue weighted by Gasteiger charge is 2.50. The van der Waals surface area contributed by atoms with Gasteiger partial charge in [0.25, 0.3) is 0 Å². The van der Waals surface area contributed by atoms with Gasteiger partial charge in [0.2, 0.25) is 11.8 Å². The molecule has 2 aliphatic heterocycles. The summed E-state index contributed by atoms with van der Waals surface area (Å²) in [6.07, 6.45) is 10.7. The third-order valence-corrected chi connectivity index (χ3v) is 11.8. The molecule has 4 aromatic rings. The number of rotatable bonds is 15. The lowest BCUT2D eigenvalue weighted by atomic mass is 9.89. The van der Waals surface area contributed by atoms with Crippen molar-refractivity contribution >= 4 is 46.7 Å². The molecule has 7 rings (SSSR count). The normalized spacial score (nSPS) is 20.6. The Balaban J connectivity index is 1.15. The molecule has 2 saturated heterocycles. The molecule has 3 fully saturated rings. The van der Waals surface area contributed by atoms with Crippen LogP contribution in [-0.2, 0) is 34.2 Å². The van der Waals surface area contributed by atoms with Gasteiger partial charge in [0.05, 0.1) is 75.1 Å². The molecule has 4 aromatic heterocycles. The number of halogens is 1. The summed E-state index contributed by atoms with van der Waals surface area (Å²) in [5.74, 6) is 3.20. The molecule has 0 bridgehead atoms. The van der Waals surface area contributed by atoms with Gasteiger partial charge >= 0.3 is 7.12 Å². The zero-order chi connectivity index (χ0) is 37.5. The van der Waals surface area contributed by atoms with Gasteiger partial charge in [0.1, 0.15) is 6.10 Å². The minimum absolute atomic E-state index is 0.00925. The van der Waals surface area contributed by atoms with E-state index in [-0.39, 0.29) is 18.9 Å². The molecule has 0 amide bonds. The zero-order valence-electron chi connectivity index (χ0n) is 31.9. The van der Waals surface area contributed by atoms with Gasteiger partial charge in [-0.05, 0) is 108 Å². The lowest BCUT2D eigenvalue weighted by molar-refractivity contribution is -0.0367. The second-order valence-corrected chi connectivity index (χ2v) is 16.3. The predicted octanol–water partition coefficient (Wildman–Crippen LogP) is 5.80. The molecule has 6 heterocycles. The van der Waals surface area contributed by atoms with Gasteiger partial charge in [-0.2, -0.15) is 10.2 Å². The summed E-state index contributed by atoms with van der Waals surface area (Å²) in [5.41, 5.74) is 3.41.